The Morgan fingerprint density at radius 1 is 1.37 bits per heavy atom. The minimum atomic E-state index is -0.246. The van der Waals surface area contributed by atoms with Crippen molar-refractivity contribution in [3.8, 4) is 0 Å². The predicted molar refractivity (Wildman–Crippen MR) is 71.6 cm³/mol. The highest BCUT2D eigenvalue weighted by molar-refractivity contribution is 7.15. The molecule has 0 aliphatic heterocycles. The number of aromatic nitrogens is 4. The van der Waals surface area contributed by atoms with Gasteiger partial charge in [0.15, 0.2) is 0 Å². The van der Waals surface area contributed by atoms with Gasteiger partial charge in [-0.25, -0.2) is 0 Å². The maximum atomic E-state index is 11.7. The second kappa shape index (κ2) is 5.23. The lowest BCUT2D eigenvalue weighted by atomic mass is 10.4. The van der Waals surface area contributed by atoms with Crippen LogP contribution in [-0.2, 0) is 4.79 Å². The lowest BCUT2D eigenvalue weighted by Crippen LogP contribution is -2.07. The molecule has 0 unspecified atom stereocenters. The van der Waals surface area contributed by atoms with Gasteiger partial charge in [-0.2, -0.15) is 0 Å². The summed E-state index contributed by atoms with van der Waals surface area (Å²) in [5.74, 6) is 0.308. The summed E-state index contributed by atoms with van der Waals surface area (Å²) in [5.41, 5.74) is 0.633. The lowest BCUT2D eigenvalue weighted by molar-refractivity contribution is -0.111. The molecule has 0 aromatic carbocycles. The molecule has 0 atom stereocenters. The zero-order valence-electron chi connectivity index (χ0n) is 9.98. The summed E-state index contributed by atoms with van der Waals surface area (Å²) in [5, 5.41) is 12.2. The predicted octanol–water partition coefficient (Wildman–Crippen LogP) is 1.86. The number of carbonyl (C=O) groups is 1. The highest BCUT2D eigenvalue weighted by Gasteiger charge is 2.27. The van der Waals surface area contributed by atoms with Gasteiger partial charge in [-0.1, -0.05) is 11.3 Å². The number of carbonyl (C=O) groups excluding carboxylic acids is 1. The zero-order valence-corrected chi connectivity index (χ0v) is 10.8. The average molecular weight is 273 g/mol. The van der Waals surface area contributed by atoms with Crippen LogP contribution in [0.25, 0.3) is 6.08 Å². The fraction of sp³-hybridized carbons (Fsp3) is 0.250. The summed E-state index contributed by atoms with van der Waals surface area (Å²) >= 11 is 1.44. The van der Waals surface area contributed by atoms with Crippen molar-refractivity contribution in [1.29, 1.82) is 0 Å². The van der Waals surface area contributed by atoms with Gasteiger partial charge >= 0.3 is 0 Å². The van der Waals surface area contributed by atoms with E-state index in [2.05, 4.69) is 25.5 Å². The third-order valence-corrected chi connectivity index (χ3v) is 3.59. The third kappa shape index (κ3) is 3.19. The fourth-order valence-corrected chi connectivity index (χ4v) is 2.40. The maximum Gasteiger partial charge on any atom is 0.250 e. The van der Waals surface area contributed by atoms with Crippen molar-refractivity contribution in [2.24, 2.45) is 0 Å². The quantitative estimate of drug-likeness (QED) is 0.860. The molecule has 96 valence electrons. The van der Waals surface area contributed by atoms with Crippen LogP contribution >= 0.6 is 11.3 Å². The SMILES string of the molecule is O=C(/C=C/c1cnccn1)Nc1nnc(C2CC2)s1. The standard InChI is InChI=1S/C12H11N5OS/c18-10(4-3-9-7-13-5-6-14-9)15-12-17-16-11(19-12)8-1-2-8/h3-8H,1-2H2,(H,15,17,18)/b4-3+. The summed E-state index contributed by atoms with van der Waals surface area (Å²) in [6.07, 6.45) is 10.1. The molecule has 6 nitrogen and oxygen atoms in total. The summed E-state index contributed by atoms with van der Waals surface area (Å²) < 4.78 is 0. The summed E-state index contributed by atoms with van der Waals surface area (Å²) in [7, 11) is 0. The lowest BCUT2D eigenvalue weighted by Gasteiger charge is -1.94. The Balaban J connectivity index is 1.59. The van der Waals surface area contributed by atoms with Gasteiger partial charge < -0.3 is 0 Å². The topological polar surface area (TPSA) is 80.7 Å². The number of hydrogen-bond acceptors (Lipinski definition) is 6. The van der Waals surface area contributed by atoms with Crippen molar-refractivity contribution in [3.05, 3.63) is 35.4 Å². The van der Waals surface area contributed by atoms with Crippen LogP contribution in [0.15, 0.2) is 24.7 Å². The number of rotatable bonds is 4. The van der Waals surface area contributed by atoms with Crippen molar-refractivity contribution in [3.63, 3.8) is 0 Å². The summed E-state index contributed by atoms with van der Waals surface area (Å²) in [4.78, 5) is 19.6. The molecule has 0 saturated heterocycles. The van der Waals surface area contributed by atoms with Gasteiger partial charge in [-0.15, -0.1) is 10.2 Å². The summed E-state index contributed by atoms with van der Waals surface area (Å²) in [6, 6.07) is 0. The first-order chi connectivity index (χ1) is 9.31. The molecule has 2 aromatic rings. The van der Waals surface area contributed by atoms with Crippen molar-refractivity contribution >= 4 is 28.5 Å². The first-order valence-corrected chi connectivity index (χ1v) is 6.71. The van der Waals surface area contributed by atoms with Crippen molar-refractivity contribution < 1.29 is 4.79 Å². The van der Waals surface area contributed by atoms with Crippen molar-refractivity contribution in [1.82, 2.24) is 20.2 Å². The Morgan fingerprint density at radius 3 is 3.00 bits per heavy atom. The van der Waals surface area contributed by atoms with E-state index in [1.807, 2.05) is 0 Å². The molecular weight excluding hydrogens is 262 g/mol. The van der Waals surface area contributed by atoms with Crippen LogP contribution in [0.4, 0.5) is 5.13 Å². The molecule has 0 radical (unpaired) electrons. The van der Waals surface area contributed by atoms with Crippen LogP contribution in [0.1, 0.15) is 29.5 Å². The Hall–Kier alpha value is -2.15. The smallest absolute Gasteiger partial charge is 0.250 e. The van der Waals surface area contributed by atoms with Crippen LogP contribution in [0.3, 0.4) is 0 Å². The molecule has 19 heavy (non-hydrogen) atoms. The molecule has 1 N–H and O–H groups in total. The average Bonchev–Trinajstić information content (AvgIpc) is 3.19. The number of nitrogens with zero attached hydrogens (tertiary/aromatic N) is 4. The highest BCUT2D eigenvalue weighted by atomic mass is 32.1. The van der Waals surface area contributed by atoms with E-state index < -0.39 is 0 Å². The monoisotopic (exact) mass is 273 g/mol. The van der Waals surface area contributed by atoms with Gasteiger partial charge in [0, 0.05) is 24.4 Å². The van der Waals surface area contributed by atoms with Crippen molar-refractivity contribution in [2.75, 3.05) is 5.32 Å². The second-order valence-corrected chi connectivity index (χ2v) is 5.18. The van der Waals surface area contributed by atoms with E-state index in [9.17, 15) is 4.79 Å². The van der Waals surface area contributed by atoms with E-state index in [4.69, 9.17) is 0 Å². The van der Waals surface area contributed by atoms with Gasteiger partial charge in [-0.05, 0) is 18.9 Å². The Bertz CT molecular complexity index is 606. The van der Waals surface area contributed by atoms with Crippen LogP contribution in [-0.4, -0.2) is 26.1 Å². The van der Waals surface area contributed by atoms with Gasteiger partial charge in [0.1, 0.15) is 5.01 Å². The van der Waals surface area contributed by atoms with Crippen LogP contribution < -0.4 is 5.32 Å². The fourth-order valence-electron chi connectivity index (χ4n) is 1.49. The molecule has 3 rings (SSSR count). The van der Waals surface area contributed by atoms with E-state index in [-0.39, 0.29) is 5.91 Å². The first kappa shape index (κ1) is 11.9. The number of nitrogens with one attached hydrogen (secondary N) is 1. The highest BCUT2D eigenvalue weighted by Crippen LogP contribution is 2.41. The van der Waals surface area contributed by atoms with E-state index in [1.54, 1.807) is 24.7 Å². The van der Waals surface area contributed by atoms with Crippen LogP contribution in [0.2, 0.25) is 0 Å². The normalized spacial score (nSPS) is 14.7. The van der Waals surface area contributed by atoms with E-state index in [0.717, 1.165) is 5.01 Å². The molecule has 1 aliphatic rings. The maximum absolute atomic E-state index is 11.7. The molecule has 2 aromatic heterocycles. The minimum absolute atomic E-state index is 0.246. The van der Waals surface area contributed by atoms with E-state index in [0.29, 0.717) is 16.7 Å². The third-order valence-electron chi connectivity index (χ3n) is 2.59. The van der Waals surface area contributed by atoms with Gasteiger partial charge in [-0.3, -0.25) is 20.1 Å². The molecule has 1 amide bonds. The second-order valence-electron chi connectivity index (χ2n) is 4.17. The Kier molecular flexibility index (Phi) is 3.28. The largest absolute Gasteiger partial charge is 0.297 e. The van der Waals surface area contributed by atoms with Gasteiger partial charge in [0.25, 0.3) is 0 Å². The van der Waals surface area contributed by atoms with Crippen LogP contribution in [0.5, 0.6) is 0 Å². The molecule has 0 spiro atoms. The van der Waals surface area contributed by atoms with E-state index in [1.165, 1.54) is 30.3 Å². The molecular formula is C12H11N5OS. The number of anilines is 1. The Morgan fingerprint density at radius 2 is 2.26 bits per heavy atom. The molecule has 2 heterocycles. The number of amides is 1. The molecule has 7 heteroatoms. The summed E-state index contributed by atoms with van der Waals surface area (Å²) in [6.45, 7) is 0. The molecule has 1 aliphatic carbocycles. The molecule has 0 bridgehead atoms. The minimum Gasteiger partial charge on any atom is -0.297 e. The number of hydrogen-bond donors (Lipinski definition) is 1. The van der Waals surface area contributed by atoms with Crippen LogP contribution in [0, 0.1) is 0 Å². The van der Waals surface area contributed by atoms with Gasteiger partial charge in [0.05, 0.1) is 11.9 Å². The first-order valence-electron chi connectivity index (χ1n) is 5.90. The van der Waals surface area contributed by atoms with Crippen molar-refractivity contribution in [2.45, 2.75) is 18.8 Å². The molecule has 1 saturated carbocycles. The zero-order chi connectivity index (χ0) is 13.1. The van der Waals surface area contributed by atoms with Gasteiger partial charge in [0.2, 0.25) is 11.0 Å². The van der Waals surface area contributed by atoms with E-state index >= 15 is 0 Å². The Labute approximate surface area is 113 Å². The molecule has 1 fully saturated rings.